The van der Waals surface area contributed by atoms with Crippen molar-refractivity contribution in [2.24, 2.45) is 0 Å². The van der Waals surface area contributed by atoms with Gasteiger partial charge in [-0.3, -0.25) is 0 Å². The quantitative estimate of drug-likeness (QED) is 0.937. The first-order valence-corrected chi connectivity index (χ1v) is 6.26. The predicted octanol–water partition coefficient (Wildman–Crippen LogP) is 3.17. The Bertz CT molecular complexity index is 600. The van der Waals surface area contributed by atoms with Crippen molar-refractivity contribution in [1.82, 2.24) is 9.97 Å². The zero-order valence-corrected chi connectivity index (χ0v) is 11.8. The fraction of sp³-hybridized carbons (Fsp3) is 0.286. The summed E-state index contributed by atoms with van der Waals surface area (Å²) in [7, 11) is 1.58. The Morgan fingerprint density at radius 2 is 2.11 bits per heavy atom. The number of hydrogen-bond acceptors (Lipinski definition) is 4. The zero-order chi connectivity index (χ0) is 14.0. The van der Waals surface area contributed by atoms with Crippen LogP contribution in [0.2, 0.25) is 5.02 Å². The zero-order valence-electron chi connectivity index (χ0n) is 11.0. The molecule has 4 nitrogen and oxygen atoms in total. The molecule has 0 aliphatic rings. The van der Waals surface area contributed by atoms with Gasteiger partial charge < -0.3 is 9.84 Å². The number of aliphatic hydroxyl groups excluding tert-OH is 1. The number of halogens is 1. The van der Waals surface area contributed by atoms with Crippen LogP contribution in [0, 0.1) is 6.92 Å². The molecule has 100 valence electrons. The maximum Gasteiger partial charge on any atom is 0.163 e. The van der Waals surface area contributed by atoms with E-state index >= 15 is 0 Å². The summed E-state index contributed by atoms with van der Waals surface area (Å²) in [5.41, 5.74) is 2.24. The average molecular weight is 279 g/mol. The van der Waals surface area contributed by atoms with Crippen molar-refractivity contribution in [2.75, 3.05) is 7.11 Å². The summed E-state index contributed by atoms with van der Waals surface area (Å²) in [4.78, 5) is 8.68. The van der Waals surface area contributed by atoms with Crippen LogP contribution in [0.25, 0.3) is 11.4 Å². The second kappa shape index (κ2) is 5.55. The van der Waals surface area contributed by atoms with Gasteiger partial charge in [-0.25, -0.2) is 9.97 Å². The van der Waals surface area contributed by atoms with Gasteiger partial charge in [-0.1, -0.05) is 11.6 Å². The van der Waals surface area contributed by atoms with Crippen LogP contribution in [-0.4, -0.2) is 22.2 Å². The number of aliphatic hydroxyl groups is 1. The van der Waals surface area contributed by atoms with Gasteiger partial charge in [0.2, 0.25) is 0 Å². The molecule has 2 aromatic rings. The molecule has 2 rings (SSSR count). The number of nitrogens with zero attached hydrogens (tertiary/aromatic N) is 2. The molecular formula is C14H15ClN2O2. The monoisotopic (exact) mass is 278 g/mol. The Hall–Kier alpha value is -1.65. The third kappa shape index (κ3) is 2.85. The molecule has 0 saturated carbocycles. The molecule has 0 radical (unpaired) electrons. The number of benzene rings is 1. The molecule has 1 atom stereocenters. The highest BCUT2D eigenvalue weighted by atomic mass is 35.5. The van der Waals surface area contributed by atoms with Crippen LogP contribution in [-0.2, 0) is 0 Å². The number of aryl methyl sites for hydroxylation is 1. The van der Waals surface area contributed by atoms with Gasteiger partial charge in [0.15, 0.2) is 5.82 Å². The van der Waals surface area contributed by atoms with E-state index < -0.39 is 6.10 Å². The topological polar surface area (TPSA) is 55.2 Å². The van der Waals surface area contributed by atoms with Crippen LogP contribution in [0.4, 0.5) is 0 Å². The highest BCUT2D eigenvalue weighted by Crippen LogP contribution is 2.30. The summed E-state index contributed by atoms with van der Waals surface area (Å²) in [5, 5.41) is 10.2. The van der Waals surface area contributed by atoms with Crippen LogP contribution < -0.4 is 4.74 Å². The smallest absolute Gasteiger partial charge is 0.163 e. The number of ether oxygens (including phenoxy) is 1. The number of methoxy groups -OCH3 is 1. The van der Waals surface area contributed by atoms with Gasteiger partial charge in [-0.2, -0.15) is 0 Å². The van der Waals surface area contributed by atoms with Crippen LogP contribution in [0.15, 0.2) is 24.4 Å². The molecule has 0 saturated heterocycles. The Morgan fingerprint density at radius 1 is 1.37 bits per heavy atom. The molecule has 1 heterocycles. The van der Waals surface area contributed by atoms with Crippen LogP contribution >= 0.6 is 11.6 Å². The van der Waals surface area contributed by atoms with Gasteiger partial charge in [0, 0.05) is 22.5 Å². The SMILES string of the molecule is COc1cc(Cl)ccc1-c1ncc(C(C)O)c(C)n1. The minimum Gasteiger partial charge on any atom is -0.496 e. The molecule has 1 aromatic heterocycles. The Kier molecular flexibility index (Phi) is 4.02. The van der Waals surface area contributed by atoms with Crippen molar-refractivity contribution < 1.29 is 9.84 Å². The van der Waals surface area contributed by atoms with Gasteiger partial charge in [0.25, 0.3) is 0 Å². The van der Waals surface area contributed by atoms with Gasteiger partial charge in [0.05, 0.1) is 18.8 Å². The fourth-order valence-corrected chi connectivity index (χ4v) is 2.03. The standard InChI is InChI=1S/C14H15ClN2O2/c1-8-12(9(2)18)7-16-14(17-8)11-5-4-10(15)6-13(11)19-3/h4-7,9,18H,1-3H3. The lowest BCUT2D eigenvalue weighted by Gasteiger charge is -2.11. The third-order valence-electron chi connectivity index (χ3n) is 2.87. The molecule has 0 fully saturated rings. The maximum atomic E-state index is 9.58. The lowest BCUT2D eigenvalue weighted by Crippen LogP contribution is -2.02. The molecule has 0 aliphatic heterocycles. The Labute approximate surface area is 117 Å². The Balaban J connectivity index is 2.51. The summed E-state index contributed by atoms with van der Waals surface area (Å²) in [5.74, 6) is 1.17. The largest absolute Gasteiger partial charge is 0.496 e. The second-order valence-electron chi connectivity index (χ2n) is 4.25. The van der Waals surface area contributed by atoms with Crippen molar-refractivity contribution in [3.8, 4) is 17.1 Å². The first kappa shape index (κ1) is 13.8. The molecule has 0 aliphatic carbocycles. The first-order chi connectivity index (χ1) is 9.02. The fourth-order valence-electron chi connectivity index (χ4n) is 1.87. The number of hydrogen-bond donors (Lipinski definition) is 1. The van der Waals surface area contributed by atoms with E-state index in [-0.39, 0.29) is 0 Å². The van der Waals surface area contributed by atoms with Crippen LogP contribution in [0.3, 0.4) is 0 Å². The van der Waals surface area contributed by atoms with Gasteiger partial charge in [0.1, 0.15) is 5.75 Å². The number of rotatable bonds is 3. The van der Waals surface area contributed by atoms with Crippen LogP contribution in [0.5, 0.6) is 5.75 Å². The van der Waals surface area contributed by atoms with E-state index in [1.54, 1.807) is 32.4 Å². The average Bonchev–Trinajstić information content (AvgIpc) is 2.37. The predicted molar refractivity (Wildman–Crippen MR) is 74.4 cm³/mol. The summed E-state index contributed by atoms with van der Waals surface area (Å²) in [6.07, 6.45) is 1.05. The van der Waals surface area contributed by atoms with Gasteiger partial charge in [-0.05, 0) is 32.0 Å². The van der Waals surface area contributed by atoms with Crippen molar-refractivity contribution in [1.29, 1.82) is 0 Å². The highest BCUT2D eigenvalue weighted by Gasteiger charge is 2.13. The summed E-state index contributed by atoms with van der Waals surface area (Å²) < 4.78 is 5.28. The molecule has 1 N–H and O–H groups in total. The molecule has 0 amide bonds. The van der Waals surface area contributed by atoms with Crippen molar-refractivity contribution in [3.05, 3.63) is 40.7 Å². The van der Waals surface area contributed by atoms with E-state index in [2.05, 4.69) is 9.97 Å². The lowest BCUT2D eigenvalue weighted by molar-refractivity contribution is 0.197. The minimum absolute atomic E-state index is 0.551. The Morgan fingerprint density at radius 3 is 2.68 bits per heavy atom. The molecule has 1 aromatic carbocycles. The third-order valence-corrected chi connectivity index (χ3v) is 3.11. The van der Waals surface area contributed by atoms with E-state index in [1.165, 1.54) is 0 Å². The van der Waals surface area contributed by atoms with Crippen molar-refractivity contribution in [3.63, 3.8) is 0 Å². The van der Waals surface area contributed by atoms with Crippen LogP contribution in [0.1, 0.15) is 24.3 Å². The van der Waals surface area contributed by atoms with E-state index in [0.29, 0.717) is 16.6 Å². The summed E-state index contributed by atoms with van der Waals surface area (Å²) in [6.45, 7) is 3.53. The summed E-state index contributed by atoms with van der Waals surface area (Å²) >= 11 is 5.93. The second-order valence-corrected chi connectivity index (χ2v) is 4.69. The molecule has 1 unspecified atom stereocenters. The van der Waals surface area contributed by atoms with Gasteiger partial charge in [-0.15, -0.1) is 0 Å². The first-order valence-electron chi connectivity index (χ1n) is 5.88. The highest BCUT2D eigenvalue weighted by molar-refractivity contribution is 6.30. The van der Waals surface area contributed by atoms with E-state index in [1.807, 2.05) is 13.0 Å². The minimum atomic E-state index is -0.582. The van der Waals surface area contributed by atoms with Crippen molar-refractivity contribution >= 4 is 11.6 Å². The van der Waals surface area contributed by atoms with Gasteiger partial charge >= 0.3 is 0 Å². The molecular weight excluding hydrogens is 264 g/mol. The molecule has 19 heavy (non-hydrogen) atoms. The molecule has 0 bridgehead atoms. The lowest BCUT2D eigenvalue weighted by atomic mass is 10.1. The van der Waals surface area contributed by atoms with E-state index in [0.717, 1.165) is 16.8 Å². The van der Waals surface area contributed by atoms with E-state index in [9.17, 15) is 5.11 Å². The van der Waals surface area contributed by atoms with Crippen molar-refractivity contribution in [2.45, 2.75) is 20.0 Å². The molecule has 5 heteroatoms. The summed E-state index contributed by atoms with van der Waals surface area (Å²) in [6, 6.07) is 5.30. The maximum absolute atomic E-state index is 9.58. The van der Waals surface area contributed by atoms with E-state index in [4.69, 9.17) is 16.3 Å². The normalized spacial score (nSPS) is 12.3. The molecule has 0 spiro atoms. The number of aromatic nitrogens is 2.